The van der Waals surface area contributed by atoms with Crippen molar-refractivity contribution < 1.29 is 28.6 Å². The second-order valence-electron chi connectivity index (χ2n) is 9.09. The molecule has 1 aliphatic rings. The molecule has 1 atom stereocenters. The summed E-state index contributed by atoms with van der Waals surface area (Å²) in [6.45, 7) is 9.14. The van der Waals surface area contributed by atoms with E-state index in [1.54, 1.807) is 32.9 Å². The Balaban J connectivity index is 1.92. The maximum Gasteiger partial charge on any atom is 0.350 e. The van der Waals surface area contributed by atoms with Gasteiger partial charge in [0.2, 0.25) is 0 Å². The highest BCUT2D eigenvalue weighted by Crippen LogP contribution is 2.44. The molecule has 1 aromatic heterocycles. The highest BCUT2D eigenvalue weighted by molar-refractivity contribution is 7.17. The molecule has 3 aromatic rings. The van der Waals surface area contributed by atoms with Crippen molar-refractivity contribution in [3.8, 4) is 0 Å². The molecule has 0 spiro atoms. The molecule has 2 heterocycles. The molecule has 0 aliphatic carbocycles. The Labute approximate surface area is 218 Å². The number of aromatic nitrogens is 1. The Kier molecular flexibility index (Phi) is 7.27. The van der Waals surface area contributed by atoms with Crippen molar-refractivity contribution in [2.45, 2.75) is 46.6 Å². The van der Waals surface area contributed by atoms with Crippen LogP contribution in [0.1, 0.15) is 70.4 Å². The lowest BCUT2D eigenvalue weighted by Crippen LogP contribution is -2.29. The van der Waals surface area contributed by atoms with Gasteiger partial charge in [0, 0.05) is 5.56 Å². The third kappa shape index (κ3) is 4.79. The number of anilines is 1. The normalized spacial score (nSPS) is 17.1. The van der Waals surface area contributed by atoms with Crippen molar-refractivity contribution in [1.82, 2.24) is 4.98 Å². The van der Waals surface area contributed by atoms with Crippen molar-refractivity contribution in [2.75, 3.05) is 11.5 Å². The number of carbonyl (C=O) groups excluding carboxylic acids is 3. The molecular formula is C28H27FN2O5S. The van der Waals surface area contributed by atoms with Gasteiger partial charge in [0.05, 0.1) is 23.9 Å². The number of nitrogens with zero attached hydrogens (tertiary/aromatic N) is 2. The van der Waals surface area contributed by atoms with Crippen molar-refractivity contribution in [2.24, 2.45) is 0 Å². The molecule has 1 fully saturated rings. The van der Waals surface area contributed by atoms with Gasteiger partial charge >= 0.3 is 11.9 Å². The Bertz CT molecular complexity index is 1420. The molecule has 1 aliphatic heterocycles. The molecule has 1 N–H and O–H groups in total. The minimum absolute atomic E-state index is 0.0763. The topological polar surface area (TPSA) is 96.8 Å². The number of Topliss-reactive ketones (excluding diaryl/α,β-unsaturated/α-hetero) is 1. The van der Waals surface area contributed by atoms with E-state index in [1.807, 2.05) is 26.0 Å². The van der Waals surface area contributed by atoms with Crippen LogP contribution in [-0.2, 0) is 14.3 Å². The van der Waals surface area contributed by atoms with Crippen LogP contribution in [0.25, 0.3) is 5.76 Å². The molecule has 9 heteroatoms. The number of aliphatic hydroxyl groups excluding tert-OH is 1. The van der Waals surface area contributed by atoms with Gasteiger partial charge in [-0.25, -0.2) is 14.2 Å². The van der Waals surface area contributed by atoms with E-state index in [4.69, 9.17) is 4.74 Å². The van der Waals surface area contributed by atoms with E-state index in [1.165, 1.54) is 17.0 Å². The first kappa shape index (κ1) is 26.2. The number of ether oxygens (including phenoxy) is 1. The molecule has 37 heavy (non-hydrogen) atoms. The van der Waals surface area contributed by atoms with Crippen LogP contribution in [0.15, 0.2) is 48.0 Å². The first-order valence-corrected chi connectivity index (χ1v) is 12.7. The molecule has 0 saturated carbocycles. The fraction of sp³-hybridized carbons (Fsp3) is 0.286. The maximum atomic E-state index is 14.3. The molecule has 7 nitrogen and oxygen atoms in total. The van der Waals surface area contributed by atoms with Crippen LogP contribution >= 0.6 is 11.3 Å². The predicted molar refractivity (Wildman–Crippen MR) is 139 cm³/mol. The summed E-state index contributed by atoms with van der Waals surface area (Å²) in [4.78, 5) is 44.9. The van der Waals surface area contributed by atoms with E-state index < -0.39 is 35.3 Å². The molecule has 0 bridgehead atoms. The molecule has 0 radical (unpaired) electrons. The number of aliphatic hydroxyl groups is 1. The summed E-state index contributed by atoms with van der Waals surface area (Å²) in [5.41, 5.74) is 2.24. The standard InChI is InChI=1S/C28H27FN2O5S/c1-6-36-27(35)25-16(5)30-28(37-25)31-22(18-11-9-17(10-12-18)14(2)3)21(24(33)26(31)34)23(32)19-8-7-15(4)20(29)13-19/h7-14,22,32H,6H2,1-5H3/b23-21+. The Morgan fingerprint density at radius 1 is 1.16 bits per heavy atom. The van der Waals surface area contributed by atoms with Crippen LogP contribution in [0, 0.1) is 19.7 Å². The zero-order valence-corrected chi connectivity index (χ0v) is 22.0. The number of hydrogen-bond acceptors (Lipinski definition) is 7. The number of rotatable bonds is 6. The quantitative estimate of drug-likeness (QED) is 0.190. The number of aryl methyl sites for hydroxylation is 2. The molecule has 192 valence electrons. The Morgan fingerprint density at radius 2 is 1.84 bits per heavy atom. The van der Waals surface area contributed by atoms with Gasteiger partial charge in [0.15, 0.2) is 5.13 Å². The summed E-state index contributed by atoms with van der Waals surface area (Å²) in [7, 11) is 0. The number of carbonyl (C=O) groups is 3. The Hall–Kier alpha value is -3.85. The van der Waals surface area contributed by atoms with Gasteiger partial charge in [-0.15, -0.1) is 0 Å². The molecule has 2 aromatic carbocycles. The van der Waals surface area contributed by atoms with Gasteiger partial charge in [-0.05, 0) is 49.4 Å². The summed E-state index contributed by atoms with van der Waals surface area (Å²) < 4.78 is 19.4. The first-order chi connectivity index (χ1) is 17.5. The lowest BCUT2D eigenvalue weighted by Gasteiger charge is -2.23. The van der Waals surface area contributed by atoms with Crippen LogP contribution < -0.4 is 4.90 Å². The van der Waals surface area contributed by atoms with Crippen molar-refractivity contribution in [3.05, 3.63) is 86.7 Å². The number of hydrogen-bond donors (Lipinski definition) is 1. The fourth-order valence-corrected chi connectivity index (χ4v) is 5.16. The summed E-state index contributed by atoms with van der Waals surface area (Å²) >= 11 is 0.934. The number of ketones is 1. The molecule has 1 saturated heterocycles. The minimum Gasteiger partial charge on any atom is -0.507 e. The van der Waals surface area contributed by atoms with E-state index >= 15 is 0 Å². The lowest BCUT2D eigenvalue weighted by atomic mass is 9.93. The van der Waals surface area contributed by atoms with Crippen LogP contribution in [0.4, 0.5) is 9.52 Å². The molecule has 4 rings (SSSR count). The van der Waals surface area contributed by atoms with E-state index in [-0.39, 0.29) is 33.7 Å². The lowest BCUT2D eigenvalue weighted by molar-refractivity contribution is -0.132. The smallest absolute Gasteiger partial charge is 0.350 e. The first-order valence-electron chi connectivity index (χ1n) is 11.9. The number of benzene rings is 2. The van der Waals surface area contributed by atoms with Crippen LogP contribution in [0.2, 0.25) is 0 Å². The molecule has 1 amide bonds. The van der Waals surface area contributed by atoms with E-state index in [2.05, 4.69) is 4.98 Å². The number of esters is 1. The fourth-order valence-electron chi connectivity index (χ4n) is 4.18. The Morgan fingerprint density at radius 3 is 2.43 bits per heavy atom. The van der Waals surface area contributed by atoms with Crippen molar-refractivity contribution in [1.29, 1.82) is 0 Å². The summed E-state index contributed by atoms with van der Waals surface area (Å²) in [5.74, 6) is -3.20. The third-order valence-electron chi connectivity index (χ3n) is 6.26. The number of thiazole rings is 1. The second kappa shape index (κ2) is 10.3. The zero-order valence-electron chi connectivity index (χ0n) is 21.2. The number of halogens is 1. The highest BCUT2D eigenvalue weighted by Gasteiger charge is 2.48. The second-order valence-corrected chi connectivity index (χ2v) is 10.1. The van der Waals surface area contributed by atoms with Gasteiger partial charge in [-0.2, -0.15) is 0 Å². The van der Waals surface area contributed by atoms with E-state index in [0.717, 1.165) is 23.0 Å². The summed E-state index contributed by atoms with van der Waals surface area (Å²) in [6.07, 6.45) is 0. The van der Waals surface area contributed by atoms with Gasteiger partial charge in [-0.1, -0.05) is 61.6 Å². The van der Waals surface area contributed by atoms with E-state index in [9.17, 15) is 23.9 Å². The largest absolute Gasteiger partial charge is 0.507 e. The predicted octanol–water partition coefficient (Wildman–Crippen LogP) is 5.83. The summed E-state index contributed by atoms with van der Waals surface area (Å²) in [6, 6.07) is 10.4. The summed E-state index contributed by atoms with van der Waals surface area (Å²) in [5, 5.41) is 11.3. The average molecular weight is 523 g/mol. The SMILES string of the molecule is CCOC(=O)c1sc(N2C(=O)C(=O)/C(=C(/O)c3ccc(C)c(F)c3)C2c2ccc(C(C)C)cc2)nc1C. The third-order valence-corrected chi connectivity index (χ3v) is 7.40. The molecule has 1 unspecified atom stereocenters. The van der Waals surface area contributed by atoms with Gasteiger partial charge in [0.1, 0.15) is 16.5 Å². The van der Waals surface area contributed by atoms with Crippen LogP contribution in [-0.4, -0.2) is 34.4 Å². The monoisotopic (exact) mass is 522 g/mol. The minimum atomic E-state index is -1.04. The number of amides is 1. The van der Waals surface area contributed by atoms with Gasteiger partial charge < -0.3 is 9.84 Å². The van der Waals surface area contributed by atoms with Crippen molar-refractivity contribution in [3.63, 3.8) is 0 Å². The van der Waals surface area contributed by atoms with Crippen LogP contribution in [0.3, 0.4) is 0 Å². The zero-order chi connectivity index (χ0) is 27.0. The van der Waals surface area contributed by atoms with Gasteiger partial charge in [0.25, 0.3) is 5.78 Å². The van der Waals surface area contributed by atoms with Gasteiger partial charge in [-0.3, -0.25) is 14.5 Å². The van der Waals surface area contributed by atoms with Crippen LogP contribution in [0.5, 0.6) is 0 Å². The van der Waals surface area contributed by atoms with E-state index in [0.29, 0.717) is 16.8 Å². The van der Waals surface area contributed by atoms with Crippen molar-refractivity contribution >= 4 is 39.9 Å². The average Bonchev–Trinajstić information content (AvgIpc) is 3.37. The molecular weight excluding hydrogens is 495 g/mol. The highest BCUT2D eigenvalue weighted by atomic mass is 32.1. The maximum absolute atomic E-state index is 14.3.